The average Bonchev–Trinajstić information content (AvgIpc) is 3.06. The van der Waals surface area contributed by atoms with Gasteiger partial charge in [0.1, 0.15) is 11.0 Å². The van der Waals surface area contributed by atoms with Crippen molar-refractivity contribution in [2.75, 3.05) is 5.32 Å². The predicted octanol–water partition coefficient (Wildman–Crippen LogP) is 2.23. The lowest BCUT2D eigenvalue weighted by atomic mass is 10.2. The van der Waals surface area contributed by atoms with Gasteiger partial charge in [0.2, 0.25) is 11.8 Å². The SMILES string of the molecule is Cc1cc(NC(=O)CC2SC(=Nc3ccccc3)NC2=O)no1. The summed E-state index contributed by atoms with van der Waals surface area (Å²) in [6, 6.07) is 10.9. The molecule has 2 heterocycles. The van der Waals surface area contributed by atoms with Crippen LogP contribution in [0.5, 0.6) is 0 Å². The topological polar surface area (TPSA) is 96.6 Å². The molecule has 0 spiro atoms. The van der Waals surface area contributed by atoms with Crippen LogP contribution < -0.4 is 10.6 Å². The molecule has 7 nitrogen and oxygen atoms in total. The van der Waals surface area contributed by atoms with Crippen molar-refractivity contribution in [3.05, 3.63) is 42.2 Å². The predicted molar refractivity (Wildman–Crippen MR) is 87.5 cm³/mol. The van der Waals surface area contributed by atoms with Gasteiger partial charge in [-0.3, -0.25) is 9.59 Å². The normalized spacial score (nSPS) is 18.9. The fraction of sp³-hybridized carbons (Fsp3) is 0.200. The zero-order valence-corrected chi connectivity index (χ0v) is 13.1. The lowest BCUT2D eigenvalue weighted by Gasteiger charge is -2.04. The van der Waals surface area contributed by atoms with Crippen LogP contribution in [0, 0.1) is 6.92 Å². The van der Waals surface area contributed by atoms with Crippen molar-refractivity contribution in [1.29, 1.82) is 0 Å². The van der Waals surface area contributed by atoms with E-state index in [1.54, 1.807) is 13.0 Å². The molecule has 2 N–H and O–H groups in total. The van der Waals surface area contributed by atoms with Crippen LogP contribution in [-0.2, 0) is 9.59 Å². The van der Waals surface area contributed by atoms with E-state index in [9.17, 15) is 9.59 Å². The highest BCUT2D eigenvalue weighted by Gasteiger charge is 2.32. The summed E-state index contributed by atoms with van der Waals surface area (Å²) in [6.45, 7) is 1.73. The fourth-order valence-corrected chi connectivity index (χ4v) is 2.99. The van der Waals surface area contributed by atoms with Crippen molar-refractivity contribution >= 4 is 40.2 Å². The molecule has 1 saturated heterocycles. The number of amidine groups is 1. The molecular formula is C15H14N4O3S. The molecule has 0 radical (unpaired) electrons. The number of amides is 2. The summed E-state index contributed by atoms with van der Waals surface area (Å²) in [6.07, 6.45) is 0.0379. The summed E-state index contributed by atoms with van der Waals surface area (Å²) in [4.78, 5) is 28.2. The van der Waals surface area contributed by atoms with Crippen molar-refractivity contribution in [1.82, 2.24) is 10.5 Å². The van der Waals surface area contributed by atoms with Gasteiger partial charge in [-0.1, -0.05) is 35.1 Å². The molecule has 3 rings (SSSR count). The van der Waals surface area contributed by atoms with Crippen LogP contribution in [0.1, 0.15) is 12.2 Å². The molecule has 1 aromatic carbocycles. The zero-order valence-electron chi connectivity index (χ0n) is 12.3. The van der Waals surface area contributed by atoms with E-state index in [2.05, 4.69) is 20.8 Å². The Labute approximate surface area is 136 Å². The van der Waals surface area contributed by atoms with Crippen LogP contribution in [0.3, 0.4) is 0 Å². The highest BCUT2D eigenvalue weighted by Crippen LogP contribution is 2.25. The summed E-state index contributed by atoms with van der Waals surface area (Å²) in [5.41, 5.74) is 0.749. The van der Waals surface area contributed by atoms with Crippen molar-refractivity contribution in [2.45, 2.75) is 18.6 Å². The van der Waals surface area contributed by atoms with Crippen LogP contribution in [0.15, 0.2) is 45.9 Å². The van der Waals surface area contributed by atoms with E-state index in [0.29, 0.717) is 16.7 Å². The van der Waals surface area contributed by atoms with E-state index in [1.165, 1.54) is 11.8 Å². The number of anilines is 1. The number of benzene rings is 1. The van der Waals surface area contributed by atoms with E-state index in [1.807, 2.05) is 30.3 Å². The molecule has 1 aliphatic heterocycles. The summed E-state index contributed by atoms with van der Waals surface area (Å²) < 4.78 is 4.87. The lowest BCUT2D eigenvalue weighted by molar-refractivity contribution is -0.122. The number of carbonyl (C=O) groups is 2. The number of hydrogen-bond donors (Lipinski definition) is 2. The molecule has 2 aromatic rings. The Kier molecular flexibility index (Phi) is 4.42. The van der Waals surface area contributed by atoms with Gasteiger partial charge in [-0.25, -0.2) is 4.99 Å². The van der Waals surface area contributed by atoms with Crippen LogP contribution in [-0.4, -0.2) is 27.4 Å². The van der Waals surface area contributed by atoms with Crippen molar-refractivity contribution in [3.63, 3.8) is 0 Å². The third kappa shape index (κ3) is 3.98. The van der Waals surface area contributed by atoms with E-state index in [0.717, 1.165) is 5.69 Å². The Morgan fingerprint density at radius 3 is 2.91 bits per heavy atom. The monoisotopic (exact) mass is 330 g/mol. The van der Waals surface area contributed by atoms with Gasteiger partial charge in [0.25, 0.3) is 0 Å². The molecule has 0 aliphatic carbocycles. The molecular weight excluding hydrogens is 316 g/mol. The maximum absolute atomic E-state index is 12.0. The number of hydrogen-bond acceptors (Lipinski definition) is 6. The van der Waals surface area contributed by atoms with E-state index < -0.39 is 5.25 Å². The number of para-hydroxylation sites is 1. The Hall–Kier alpha value is -2.61. The molecule has 1 unspecified atom stereocenters. The summed E-state index contributed by atoms with van der Waals surface area (Å²) in [5, 5.41) is 8.95. The van der Waals surface area contributed by atoms with E-state index in [4.69, 9.17) is 4.52 Å². The molecule has 1 fully saturated rings. The number of aryl methyl sites for hydroxylation is 1. The number of rotatable bonds is 4. The number of aromatic nitrogens is 1. The molecule has 1 atom stereocenters. The third-order valence-electron chi connectivity index (χ3n) is 3.03. The summed E-state index contributed by atoms with van der Waals surface area (Å²) >= 11 is 1.24. The van der Waals surface area contributed by atoms with E-state index >= 15 is 0 Å². The van der Waals surface area contributed by atoms with Gasteiger partial charge in [0.05, 0.1) is 5.69 Å². The molecule has 23 heavy (non-hydrogen) atoms. The van der Waals surface area contributed by atoms with Gasteiger partial charge in [-0.2, -0.15) is 0 Å². The quantitative estimate of drug-likeness (QED) is 0.896. The van der Waals surface area contributed by atoms with Gasteiger partial charge in [0, 0.05) is 12.5 Å². The highest BCUT2D eigenvalue weighted by atomic mass is 32.2. The smallest absolute Gasteiger partial charge is 0.240 e. The van der Waals surface area contributed by atoms with Crippen LogP contribution in [0.4, 0.5) is 11.5 Å². The standard InChI is InChI=1S/C15H14N4O3S/c1-9-7-12(19-22-9)17-13(20)8-11-14(21)18-15(23-11)16-10-5-3-2-4-6-10/h2-7,11H,8H2,1H3,(H,16,18,21)(H,17,19,20). The second-order valence-corrected chi connectivity index (χ2v) is 6.11. The van der Waals surface area contributed by atoms with Crippen LogP contribution in [0.25, 0.3) is 0 Å². The van der Waals surface area contributed by atoms with Crippen molar-refractivity contribution in [2.24, 2.45) is 4.99 Å². The Bertz CT molecular complexity index is 757. The Morgan fingerprint density at radius 2 is 2.22 bits per heavy atom. The number of nitrogens with zero attached hydrogens (tertiary/aromatic N) is 2. The number of thioether (sulfide) groups is 1. The minimum absolute atomic E-state index is 0.0379. The number of nitrogens with one attached hydrogen (secondary N) is 2. The molecule has 1 aliphatic rings. The summed E-state index contributed by atoms with van der Waals surface area (Å²) in [7, 11) is 0. The Balaban J connectivity index is 1.60. The molecule has 118 valence electrons. The molecule has 1 aromatic heterocycles. The van der Waals surface area contributed by atoms with Gasteiger partial charge in [-0.15, -0.1) is 0 Å². The zero-order chi connectivity index (χ0) is 16.2. The van der Waals surface area contributed by atoms with Crippen LogP contribution in [0.2, 0.25) is 0 Å². The van der Waals surface area contributed by atoms with Crippen molar-refractivity contribution < 1.29 is 14.1 Å². The minimum atomic E-state index is -0.509. The molecule has 8 heteroatoms. The average molecular weight is 330 g/mol. The molecule has 0 bridgehead atoms. The third-order valence-corrected chi connectivity index (χ3v) is 4.11. The van der Waals surface area contributed by atoms with E-state index in [-0.39, 0.29) is 18.2 Å². The first-order valence-electron chi connectivity index (χ1n) is 6.94. The maximum atomic E-state index is 12.0. The fourth-order valence-electron chi connectivity index (χ4n) is 2.00. The first kappa shape index (κ1) is 15.3. The minimum Gasteiger partial charge on any atom is -0.360 e. The molecule has 0 saturated carbocycles. The van der Waals surface area contributed by atoms with Gasteiger partial charge < -0.3 is 15.2 Å². The van der Waals surface area contributed by atoms with Gasteiger partial charge >= 0.3 is 0 Å². The van der Waals surface area contributed by atoms with Crippen molar-refractivity contribution in [3.8, 4) is 0 Å². The first-order valence-corrected chi connectivity index (χ1v) is 7.82. The Morgan fingerprint density at radius 1 is 1.43 bits per heavy atom. The highest BCUT2D eigenvalue weighted by molar-refractivity contribution is 8.15. The number of carbonyl (C=O) groups excluding carboxylic acids is 2. The first-order chi connectivity index (χ1) is 11.1. The van der Waals surface area contributed by atoms with Crippen LogP contribution >= 0.6 is 11.8 Å². The molecule has 2 amide bonds. The lowest BCUT2D eigenvalue weighted by Crippen LogP contribution is -2.28. The van der Waals surface area contributed by atoms with Gasteiger partial charge in [-0.05, 0) is 19.1 Å². The second-order valence-electron chi connectivity index (χ2n) is 4.92. The largest absolute Gasteiger partial charge is 0.360 e. The van der Waals surface area contributed by atoms with Gasteiger partial charge in [0.15, 0.2) is 11.0 Å². The maximum Gasteiger partial charge on any atom is 0.240 e. The number of aliphatic imine (C=N–C) groups is 1. The second kappa shape index (κ2) is 6.66. The summed E-state index contributed by atoms with van der Waals surface area (Å²) in [5.74, 6) is 0.419.